The third kappa shape index (κ3) is 4.08. The van der Waals surface area contributed by atoms with Gasteiger partial charge in [-0.2, -0.15) is 5.10 Å². The van der Waals surface area contributed by atoms with Gasteiger partial charge in [0.25, 0.3) is 0 Å². The van der Waals surface area contributed by atoms with E-state index in [1.165, 1.54) is 6.42 Å². The van der Waals surface area contributed by atoms with E-state index in [9.17, 15) is 9.90 Å². The zero-order valence-electron chi connectivity index (χ0n) is 13.3. The van der Waals surface area contributed by atoms with Gasteiger partial charge in [0.2, 0.25) is 0 Å². The van der Waals surface area contributed by atoms with E-state index in [0.29, 0.717) is 6.04 Å². The fourth-order valence-electron chi connectivity index (χ4n) is 3.57. The van der Waals surface area contributed by atoms with Crippen LogP contribution in [-0.2, 0) is 11.2 Å². The highest BCUT2D eigenvalue weighted by molar-refractivity contribution is 5.70. The highest BCUT2D eigenvalue weighted by Gasteiger charge is 2.30. The average Bonchev–Trinajstić information content (AvgIpc) is 2.78. The van der Waals surface area contributed by atoms with E-state index in [1.807, 2.05) is 0 Å². The van der Waals surface area contributed by atoms with Gasteiger partial charge in [-0.3, -0.25) is 9.48 Å². The largest absolute Gasteiger partial charge is 0.481 e. The van der Waals surface area contributed by atoms with Gasteiger partial charge < -0.3 is 5.11 Å². The first kappa shape index (κ1) is 16.1. The lowest BCUT2D eigenvalue weighted by Gasteiger charge is -2.20. The first-order valence-corrected chi connectivity index (χ1v) is 8.42. The number of hydrogen-bond acceptors (Lipinski definition) is 2. The van der Waals surface area contributed by atoms with Crippen molar-refractivity contribution in [1.82, 2.24) is 9.78 Å². The molecule has 1 fully saturated rings. The molecule has 21 heavy (non-hydrogen) atoms. The molecule has 1 saturated carbocycles. The number of carboxylic acid groups (broad SMARTS) is 1. The van der Waals surface area contributed by atoms with Gasteiger partial charge in [0.15, 0.2) is 0 Å². The maximum atomic E-state index is 11.5. The molecule has 0 bridgehead atoms. The molecule has 1 aromatic rings. The van der Waals surface area contributed by atoms with Crippen LogP contribution in [0, 0.1) is 11.8 Å². The number of carbonyl (C=O) groups is 1. The van der Waals surface area contributed by atoms with Crippen molar-refractivity contribution in [3.63, 3.8) is 0 Å². The molecule has 4 heteroatoms. The normalized spacial score (nSPS) is 23.2. The van der Waals surface area contributed by atoms with Crippen LogP contribution in [-0.4, -0.2) is 20.9 Å². The van der Waals surface area contributed by atoms with Crippen LogP contribution in [0.4, 0.5) is 0 Å². The number of aromatic nitrogens is 2. The van der Waals surface area contributed by atoms with Crippen molar-refractivity contribution in [2.24, 2.45) is 11.8 Å². The second-order valence-electron chi connectivity index (χ2n) is 6.30. The summed E-state index contributed by atoms with van der Waals surface area (Å²) in [4.78, 5) is 11.5. The van der Waals surface area contributed by atoms with E-state index < -0.39 is 5.97 Å². The Labute approximate surface area is 127 Å². The molecule has 0 amide bonds. The van der Waals surface area contributed by atoms with Crippen LogP contribution >= 0.6 is 0 Å². The minimum Gasteiger partial charge on any atom is -0.481 e. The van der Waals surface area contributed by atoms with Crippen LogP contribution in [0.3, 0.4) is 0 Å². The fraction of sp³-hybridized carbons (Fsp3) is 0.765. The number of nitrogens with zero attached hydrogens (tertiary/aromatic N) is 2. The quantitative estimate of drug-likeness (QED) is 0.804. The molecule has 1 aliphatic carbocycles. The first-order valence-electron chi connectivity index (χ1n) is 8.42. The summed E-state index contributed by atoms with van der Waals surface area (Å²) >= 11 is 0. The Morgan fingerprint density at radius 2 is 2.05 bits per heavy atom. The minimum absolute atomic E-state index is 0.189. The molecule has 1 N–H and O–H groups in total. The van der Waals surface area contributed by atoms with Crippen LogP contribution in [0.2, 0.25) is 0 Å². The fourth-order valence-corrected chi connectivity index (χ4v) is 3.57. The standard InChI is InChI=1S/C17H28N2O2/c1-3-15(4-2)19-11-10-14(18-19)12-13-8-6-5-7-9-16(13)17(20)21/h10-11,13,15-16H,3-9,12H2,1-2H3,(H,20,21). The highest BCUT2D eigenvalue weighted by atomic mass is 16.4. The molecule has 0 saturated heterocycles. The summed E-state index contributed by atoms with van der Waals surface area (Å²) in [6, 6.07) is 2.53. The lowest BCUT2D eigenvalue weighted by Crippen LogP contribution is -2.24. The Kier molecular flexibility index (Phi) is 5.83. The van der Waals surface area contributed by atoms with Gasteiger partial charge in [0, 0.05) is 6.20 Å². The molecule has 0 aliphatic heterocycles. The van der Waals surface area contributed by atoms with Crippen LogP contribution in [0.25, 0.3) is 0 Å². The van der Waals surface area contributed by atoms with Gasteiger partial charge in [-0.1, -0.05) is 33.1 Å². The maximum absolute atomic E-state index is 11.5. The van der Waals surface area contributed by atoms with Crippen molar-refractivity contribution < 1.29 is 9.90 Å². The van der Waals surface area contributed by atoms with Gasteiger partial charge in [-0.25, -0.2) is 0 Å². The summed E-state index contributed by atoms with van der Waals surface area (Å²) in [5.74, 6) is -0.567. The van der Waals surface area contributed by atoms with Crippen molar-refractivity contribution in [2.45, 2.75) is 71.3 Å². The molecule has 0 radical (unpaired) electrons. The molecule has 0 aromatic carbocycles. The Hall–Kier alpha value is -1.32. The minimum atomic E-state index is -0.624. The molecule has 2 rings (SSSR count). The molecule has 0 spiro atoms. The van der Waals surface area contributed by atoms with Crippen molar-refractivity contribution >= 4 is 5.97 Å². The van der Waals surface area contributed by atoms with Crippen LogP contribution < -0.4 is 0 Å². The third-order valence-electron chi connectivity index (χ3n) is 4.93. The van der Waals surface area contributed by atoms with Crippen molar-refractivity contribution in [3.8, 4) is 0 Å². The van der Waals surface area contributed by atoms with Gasteiger partial charge in [-0.15, -0.1) is 0 Å². The Morgan fingerprint density at radius 3 is 2.71 bits per heavy atom. The second kappa shape index (κ2) is 7.62. The van der Waals surface area contributed by atoms with Crippen LogP contribution in [0.1, 0.15) is 70.5 Å². The molecule has 2 atom stereocenters. The summed E-state index contributed by atoms with van der Waals surface area (Å²) < 4.78 is 2.06. The predicted octanol–water partition coefficient (Wildman–Crippen LogP) is 4.07. The van der Waals surface area contributed by atoms with E-state index in [-0.39, 0.29) is 11.8 Å². The summed E-state index contributed by atoms with van der Waals surface area (Å²) in [5.41, 5.74) is 1.06. The first-order chi connectivity index (χ1) is 10.2. The van der Waals surface area contributed by atoms with Gasteiger partial charge in [0.1, 0.15) is 0 Å². The van der Waals surface area contributed by atoms with Crippen molar-refractivity contribution in [3.05, 3.63) is 18.0 Å². The number of aliphatic carboxylic acids is 1. The van der Waals surface area contributed by atoms with Gasteiger partial charge in [-0.05, 0) is 44.1 Å². The topological polar surface area (TPSA) is 55.1 Å². The smallest absolute Gasteiger partial charge is 0.306 e. The summed E-state index contributed by atoms with van der Waals surface area (Å²) in [6.45, 7) is 4.36. The number of carboxylic acids is 1. The van der Waals surface area contributed by atoms with Crippen molar-refractivity contribution in [2.75, 3.05) is 0 Å². The molecule has 1 aliphatic rings. The van der Waals surface area contributed by atoms with Gasteiger partial charge in [0.05, 0.1) is 17.7 Å². The van der Waals surface area contributed by atoms with Crippen LogP contribution in [0.5, 0.6) is 0 Å². The predicted molar refractivity (Wildman–Crippen MR) is 83.3 cm³/mol. The van der Waals surface area contributed by atoms with E-state index in [2.05, 4.69) is 30.8 Å². The average molecular weight is 292 g/mol. The SMILES string of the molecule is CCC(CC)n1ccc(CC2CCCCCC2C(=O)O)n1. The Morgan fingerprint density at radius 1 is 1.33 bits per heavy atom. The zero-order chi connectivity index (χ0) is 15.2. The van der Waals surface area contributed by atoms with E-state index in [1.54, 1.807) is 0 Å². The van der Waals surface area contributed by atoms with E-state index >= 15 is 0 Å². The monoisotopic (exact) mass is 292 g/mol. The Balaban J connectivity index is 2.06. The van der Waals surface area contributed by atoms with E-state index in [0.717, 1.165) is 50.6 Å². The van der Waals surface area contributed by atoms with E-state index in [4.69, 9.17) is 5.10 Å². The van der Waals surface area contributed by atoms with Crippen LogP contribution in [0.15, 0.2) is 12.3 Å². The lowest BCUT2D eigenvalue weighted by atomic mass is 9.84. The van der Waals surface area contributed by atoms with Gasteiger partial charge >= 0.3 is 5.97 Å². The summed E-state index contributed by atoms with van der Waals surface area (Å²) in [6.07, 6.45) is 10.3. The lowest BCUT2D eigenvalue weighted by molar-refractivity contribution is -0.143. The molecule has 1 aromatic heterocycles. The molecule has 4 nitrogen and oxygen atoms in total. The molecule has 1 heterocycles. The second-order valence-corrected chi connectivity index (χ2v) is 6.30. The molecule has 2 unspecified atom stereocenters. The zero-order valence-corrected chi connectivity index (χ0v) is 13.3. The Bertz CT molecular complexity index is 451. The molecule has 118 valence electrons. The highest BCUT2D eigenvalue weighted by Crippen LogP contribution is 2.31. The number of hydrogen-bond donors (Lipinski definition) is 1. The third-order valence-corrected chi connectivity index (χ3v) is 4.93. The summed E-state index contributed by atoms with van der Waals surface area (Å²) in [7, 11) is 0. The summed E-state index contributed by atoms with van der Waals surface area (Å²) in [5, 5.41) is 14.2. The molecular formula is C17H28N2O2. The van der Waals surface area contributed by atoms with Crippen molar-refractivity contribution in [1.29, 1.82) is 0 Å². The number of rotatable bonds is 6. The molecular weight excluding hydrogens is 264 g/mol. The maximum Gasteiger partial charge on any atom is 0.306 e.